The number of carbonyl (C=O) groups excluding carboxylic acids is 1. The first-order chi connectivity index (χ1) is 8.16. The predicted molar refractivity (Wildman–Crippen MR) is 76.7 cm³/mol. The molecule has 1 unspecified atom stereocenters. The summed E-state index contributed by atoms with van der Waals surface area (Å²) in [6, 6.07) is 9.78. The van der Waals surface area contributed by atoms with Crippen LogP contribution in [0.3, 0.4) is 0 Å². The van der Waals surface area contributed by atoms with Crippen LogP contribution < -0.4 is 4.90 Å². The Labute approximate surface area is 108 Å². The lowest BCUT2D eigenvalue weighted by Crippen LogP contribution is -2.33. The van der Waals surface area contributed by atoms with Crippen LogP contribution in [0.1, 0.15) is 26.7 Å². The first kappa shape index (κ1) is 14.1. The van der Waals surface area contributed by atoms with E-state index in [2.05, 4.69) is 6.92 Å². The summed E-state index contributed by atoms with van der Waals surface area (Å²) in [6.07, 6.45) is 2.36. The average Bonchev–Trinajstić information content (AvgIpc) is 2.38. The van der Waals surface area contributed by atoms with Gasteiger partial charge in [-0.2, -0.15) is 0 Å². The highest BCUT2D eigenvalue weighted by atomic mass is 32.2. The number of amides is 1. The fraction of sp³-hybridized carbons (Fsp3) is 0.500. The molecule has 1 rings (SSSR count). The third-order valence-electron chi connectivity index (χ3n) is 2.69. The van der Waals surface area contributed by atoms with E-state index in [9.17, 15) is 4.79 Å². The molecule has 0 N–H and O–H groups in total. The molecule has 0 fully saturated rings. The van der Waals surface area contributed by atoms with E-state index in [1.54, 1.807) is 16.7 Å². The van der Waals surface area contributed by atoms with Crippen LogP contribution in [0.5, 0.6) is 0 Å². The standard InChI is InChI=1S/C14H21NOS/c1-4-5-11-17-12(2)14(16)15(3)13-9-7-6-8-10-13/h6-10,12H,4-5,11H2,1-3H3. The van der Waals surface area contributed by atoms with Gasteiger partial charge in [-0.05, 0) is 31.2 Å². The maximum atomic E-state index is 12.1. The molecule has 0 aliphatic heterocycles. The maximum Gasteiger partial charge on any atom is 0.239 e. The third kappa shape index (κ3) is 4.43. The van der Waals surface area contributed by atoms with E-state index in [-0.39, 0.29) is 11.2 Å². The molecular weight excluding hydrogens is 230 g/mol. The Balaban J connectivity index is 2.51. The highest BCUT2D eigenvalue weighted by Gasteiger charge is 2.18. The van der Waals surface area contributed by atoms with Gasteiger partial charge in [-0.3, -0.25) is 4.79 Å². The van der Waals surface area contributed by atoms with Crippen molar-refractivity contribution in [1.82, 2.24) is 0 Å². The van der Waals surface area contributed by atoms with Crippen molar-refractivity contribution < 1.29 is 4.79 Å². The molecule has 1 atom stereocenters. The summed E-state index contributed by atoms with van der Waals surface area (Å²) in [6.45, 7) is 4.16. The topological polar surface area (TPSA) is 20.3 Å². The molecular formula is C14H21NOS. The number of rotatable bonds is 6. The summed E-state index contributed by atoms with van der Waals surface area (Å²) in [5.74, 6) is 1.24. The lowest BCUT2D eigenvalue weighted by atomic mass is 10.3. The van der Waals surface area contributed by atoms with Gasteiger partial charge in [0.15, 0.2) is 0 Å². The van der Waals surface area contributed by atoms with Gasteiger partial charge in [0.2, 0.25) is 5.91 Å². The van der Waals surface area contributed by atoms with Crippen LogP contribution in [0.2, 0.25) is 0 Å². The second kappa shape index (κ2) is 7.38. The minimum atomic E-state index is 0.0340. The lowest BCUT2D eigenvalue weighted by molar-refractivity contribution is -0.117. The van der Waals surface area contributed by atoms with Crippen molar-refractivity contribution in [3.63, 3.8) is 0 Å². The molecule has 0 saturated heterocycles. The average molecular weight is 251 g/mol. The van der Waals surface area contributed by atoms with Crippen LogP contribution in [0.25, 0.3) is 0 Å². The zero-order valence-corrected chi connectivity index (χ0v) is 11.7. The fourth-order valence-corrected chi connectivity index (χ4v) is 2.64. The Kier molecular flexibility index (Phi) is 6.12. The van der Waals surface area contributed by atoms with E-state index in [0.29, 0.717) is 0 Å². The summed E-state index contributed by atoms with van der Waals surface area (Å²) < 4.78 is 0. The molecule has 0 spiro atoms. The van der Waals surface area contributed by atoms with Gasteiger partial charge in [0.05, 0.1) is 5.25 Å². The molecule has 0 heterocycles. The number of carbonyl (C=O) groups is 1. The number of hydrogen-bond donors (Lipinski definition) is 0. The van der Waals surface area contributed by atoms with E-state index in [0.717, 1.165) is 11.4 Å². The van der Waals surface area contributed by atoms with Gasteiger partial charge < -0.3 is 4.90 Å². The Morgan fingerprint density at radius 1 is 1.35 bits per heavy atom. The molecule has 0 aliphatic carbocycles. The number of thioether (sulfide) groups is 1. The number of benzene rings is 1. The number of hydrogen-bond acceptors (Lipinski definition) is 2. The predicted octanol–water partition coefficient (Wildman–Crippen LogP) is 3.57. The van der Waals surface area contributed by atoms with Crippen molar-refractivity contribution in [2.75, 3.05) is 17.7 Å². The van der Waals surface area contributed by atoms with Gasteiger partial charge in [-0.25, -0.2) is 0 Å². The quantitative estimate of drug-likeness (QED) is 0.720. The molecule has 2 nitrogen and oxygen atoms in total. The number of nitrogens with zero attached hydrogens (tertiary/aromatic N) is 1. The van der Waals surface area contributed by atoms with Crippen LogP contribution in [-0.4, -0.2) is 24.0 Å². The minimum Gasteiger partial charge on any atom is -0.315 e. The molecule has 17 heavy (non-hydrogen) atoms. The van der Waals surface area contributed by atoms with E-state index < -0.39 is 0 Å². The van der Waals surface area contributed by atoms with Gasteiger partial charge in [0.25, 0.3) is 0 Å². The molecule has 1 aromatic rings. The van der Waals surface area contributed by atoms with Crippen molar-refractivity contribution in [3.05, 3.63) is 30.3 Å². The van der Waals surface area contributed by atoms with Gasteiger partial charge >= 0.3 is 0 Å². The highest BCUT2D eigenvalue weighted by molar-refractivity contribution is 8.00. The Bertz CT molecular complexity index is 339. The van der Waals surface area contributed by atoms with E-state index >= 15 is 0 Å². The number of unbranched alkanes of at least 4 members (excludes halogenated alkanes) is 1. The first-order valence-corrected chi connectivity index (χ1v) is 7.16. The fourth-order valence-electron chi connectivity index (χ4n) is 1.53. The van der Waals surface area contributed by atoms with Crippen LogP contribution >= 0.6 is 11.8 Å². The largest absolute Gasteiger partial charge is 0.315 e. The van der Waals surface area contributed by atoms with Crippen LogP contribution in [0, 0.1) is 0 Å². The van der Waals surface area contributed by atoms with Gasteiger partial charge in [0, 0.05) is 12.7 Å². The molecule has 0 aromatic heterocycles. The van der Waals surface area contributed by atoms with Crippen molar-refractivity contribution >= 4 is 23.4 Å². The monoisotopic (exact) mass is 251 g/mol. The summed E-state index contributed by atoms with van der Waals surface area (Å²) in [5, 5.41) is 0.0340. The highest BCUT2D eigenvalue weighted by Crippen LogP contribution is 2.18. The Hall–Kier alpha value is -0.960. The zero-order chi connectivity index (χ0) is 12.7. The minimum absolute atomic E-state index is 0.0340. The van der Waals surface area contributed by atoms with Crippen molar-refractivity contribution in [2.45, 2.75) is 31.9 Å². The molecule has 1 aromatic carbocycles. The van der Waals surface area contributed by atoms with Crippen LogP contribution in [0.15, 0.2) is 30.3 Å². The van der Waals surface area contributed by atoms with E-state index in [1.165, 1.54) is 12.8 Å². The summed E-state index contributed by atoms with van der Waals surface area (Å²) in [5.41, 5.74) is 0.959. The molecule has 3 heteroatoms. The van der Waals surface area contributed by atoms with Crippen molar-refractivity contribution in [1.29, 1.82) is 0 Å². The summed E-state index contributed by atoms with van der Waals surface area (Å²) in [7, 11) is 1.84. The molecule has 0 bridgehead atoms. The molecule has 0 saturated carbocycles. The smallest absolute Gasteiger partial charge is 0.239 e. The Morgan fingerprint density at radius 3 is 2.59 bits per heavy atom. The Morgan fingerprint density at radius 2 is 2.00 bits per heavy atom. The number of anilines is 1. The van der Waals surface area contributed by atoms with Crippen LogP contribution in [-0.2, 0) is 4.79 Å². The van der Waals surface area contributed by atoms with Crippen molar-refractivity contribution in [2.24, 2.45) is 0 Å². The van der Waals surface area contributed by atoms with Crippen molar-refractivity contribution in [3.8, 4) is 0 Å². The molecule has 0 radical (unpaired) electrons. The van der Waals surface area contributed by atoms with E-state index in [1.807, 2.05) is 44.3 Å². The number of para-hydroxylation sites is 1. The lowest BCUT2D eigenvalue weighted by Gasteiger charge is -2.21. The third-order valence-corrected chi connectivity index (χ3v) is 3.91. The van der Waals surface area contributed by atoms with Gasteiger partial charge in [0.1, 0.15) is 0 Å². The molecule has 1 amide bonds. The van der Waals surface area contributed by atoms with Gasteiger partial charge in [-0.15, -0.1) is 11.8 Å². The SMILES string of the molecule is CCCCSC(C)C(=O)N(C)c1ccccc1. The normalized spacial score (nSPS) is 12.2. The zero-order valence-electron chi connectivity index (χ0n) is 10.8. The second-order valence-corrected chi connectivity index (χ2v) is 5.55. The maximum absolute atomic E-state index is 12.1. The van der Waals surface area contributed by atoms with E-state index in [4.69, 9.17) is 0 Å². The molecule has 94 valence electrons. The van der Waals surface area contributed by atoms with Gasteiger partial charge in [-0.1, -0.05) is 31.5 Å². The van der Waals surface area contributed by atoms with Crippen LogP contribution in [0.4, 0.5) is 5.69 Å². The summed E-state index contributed by atoms with van der Waals surface area (Å²) >= 11 is 1.74. The summed E-state index contributed by atoms with van der Waals surface area (Å²) in [4.78, 5) is 13.9. The molecule has 0 aliphatic rings. The first-order valence-electron chi connectivity index (χ1n) is 6.11. The second-order valence-electron chi connectivity index (χ2n) is 4.10.